The fourth-order valence-electron chi connectivity index (χ4n) is 4.45. The zero-order valence-corrected chi connectivity index (χ0v) is 20.4. The van der Waals surface area contributed by atoms with Crippen LogP contribution in [0, 0.1) is 17.6 Å². The second kappa shape index (κ2) is 9.56. The summed E-state index contributed by atoms with van der Waals surface area (Å²) in [5, 5.41) is 0. The van der Waals surface area contributed by atoms with Crippen LogP contribution in [-0.2, 0) is 25.8 Å². The molecule has 0 aromatic heterocycles. The van der Waals surface area contributed by atoms with Crippen molar-refractivity contribution >= 4 is 21.8 Å². The summed E-state index contributed by atoms with van der Waals surface area (Å²) in [6, 6.07) is 1.58. The van der Waals surface area contributed by atoms with Crippen LogP contribution in [-0.4, -0.2) is 67.8 Å². The summed E-state index contributed by atoms with van der Waals surface area (Å²) in [6.45, 7) is 6.96. The molecule has 2 saturated heterocycles. The van der Waals surface area contributed by atoms with Gasteiger partial charge in [-0.15, -0.1) is 0 Å². The van der Waals surface area contributed by atoms with Gasteiger partial charge in [0.1, 0.15) is 17.2 Å². The molecule has 2 aliphatic rings. The minimum atomic E-state index is -3.74. The average molecular weight is 487 g/mol. The Balaban J connectivity index is 1.65. The van der Waals surface area contributed by atoms with Crippen LogP contribution in [0.5, 0.6) is 0 Å². The Morgan fingerprint density at radius 3 is 2.18 bits per heavy atom. The van der Waals surface area contributed by atoms with Crippen molar-refractivity contribution in [2.24, 2.45) is 5.92 Å². The van der Waals surface area contributed by atoms with Crippen LogP contribution < -0.4 is 0 Å². The Labute approximate surface area is 194 Å². The number of benzene rings is 1. The lowest BCUT2D eigenvalue weighted by Crippen LogP contribution is -2.53. The van der Waals surface area contributed by atoms with Crippen LogP contribution in [0.3, 0.4) is 0 Å². The number of likely N-dealkylation sites (tertiary alicyclic amines) is 2. The summed E-state index contributed by atoms with van der Waals surface area (Å²) < 4.78 is 57.7. The van der Waals surface area contributed by atoms with E-state index in [0.29, 0.717) is 45.3 Å². The van der Waals surface area contributed by atoms with E-state index < -0.39 is 37.9 Å². The molecular weight excluding hydrogens is 454 g/mol. The molecular formula is C23H32F2N2O5S. The maximum absolute atomic E-state index is 14.5. The lowest BCUT2D eigenvalue weighted by atomic mass is 9.88. The van der Waals surface area contributed by atoms with Crippen molar-refractivity contribution in [1.29, 1.82) is 0 Å². The van der Waals surface area contributed by atoms with Gasteiger partial charge < -0.3 is 14.5 Å². The Morgan fingerprint density at radius 1 is 1.09 bits per heavy atom. The van der Waals surface area contributed by atoms with E-state index in [-0.39, 0.29) is 30.0 Å². The van der Waals surface area contributed by atoms with Gasteiger partial charge in [-0.2, -0.15) is 0 Å². The summed E-state index contributed by atoms with van der Waals surface area (Å²) in [6.07, 6.45) is 2.86. The van der Waals surface area contributed by atoms with Gasteiger partial charge in [-0.25, -0.2) is 22.0 Å². The molecule has 0 aliphatic carbocycles. The van der Waals surface area contributed by atoms with Crippen molar-refractivity contribution in [3.63, 3.8) is 0 Å². The quantitative estimate of drug-likeness (QED) is 0.650. The summed E-state index contributed by atoms with van der Waals surface area (Å²) in [4.78, 5) is 28.4. The Morgan fingerprint density at radius 2 is 1.67 bits per heavy atom. The lowest BCUT2D eigenvalue weighted by molar-refractivity contribution is -0.142. The van der Waals surface area contributed by atoms with E-state index in [0.717, 1.165) is 18.4 Å². The van der Waals surface area contributed by atoms with Crippen LogP contribution in [0.2, 0.25) is 0 Å². The van der Waals surface area contributed by atoms with Gasteiger partial charge in [0.2, 0.25) is 5.91 Å². The number of rotatable bonds is 4. The highest BCUT2D eigenvalue weighted by atomic mass is 32.2. The standard InChI is InChI=1S/C23H32F2N2O5S/c1-23(2,3)32-22(29)26-10-7-16(8-11-26)27-9-5-6-15(21(27)28)12-18-19(24)13-17(14-20(18)25)33(4,30)31/h13-16H,5-12H2,1-4H3/t15-/m1/s1. The highest BCUT2D eigenvalue weighted by Crippen LogP contribution is 2.30. The molecule has 0 N–H and O–H groups in total. The maximum Gasteiger partial charge on any atom is 0.410 e. The van der Waals surface area contributed by atoms with Gasteiger partial charge in [-0.05, 0) is 65.0 Å². The zero-order chi connectivity index (χ0) is 24.6. The molecule has 0 spiro atoms. The smallest absolute Gasteiger partial charge is 0.410 e. The number of piperidine rings is 2. The minimum absolute atomic E-state index is 0.0405. The van der Waals surface area contributed by atoms with Crippen LogP contribution in [0.4, 0.5) is 13.6 Å². The SMILES string of the molecule is CC(C)(C)OC(=O)N1CCC(N2CCC[C@H](Cc3c(F)cc(S(C)(=O)=O)cc3F)C2=O)CC1. The molecule has 0 bridgehead atoms. The van der Waals surface area contributed by atoms with E-state index in [4.69, 9.17) is 4.74 Å². The Bertz CT molecular complexity index is 991. The van der Waals surface area contributed by atoms with E-state index in [9.17, 15) is 26.8 Å². The topological polar surface area (TPSA) is 84.0 Å². The monoisotopic (exact) mass is 486 g/mol. The molecule has 2 amide bonds. The molecule has 10 heteroatoms. The number of sulfone groups is 1. The maximum atomic E-state index is 14.5. The van der Waals surface area contributed by atoms with E-state index in [1.54, 1.807) is 9.80 Å². The first-order valence-electron chi connectivity index (χ1n) is 11.2. The molecule has 0 saturated carbocycles. The predicted octanol–water partition coefficient (Wildman–Crippen LogP) is 3.55. The van der Waals surface area contributed by atoms with E-state index in [1.165, 1.54) is 0 Å². The number of carbonyl (C=O) groups excluding carboxylic acids is 2. The third kappa shape index (κ3) is 6.22. The van der Waals surface area contributed by atoms with Crippen LogP contribution in [0.15, 0.2) is 17.0 Å². The molecule has 7 nitrogen and oxygen atoms in total. The van der Waals surface area contributed by atoms with Gasteiger partial charge in [-0.3, -0.25) is 4.79 Å². The number of hydrogen-bond acceptors (Lipinski definition) is 5. The first-order chi connectivity index (χ1) is 15.3. The molecule has 2 aliphatic heterocycles. The normalized spacial score (nSPS) is 20.8. The average Bonchev–Trinajstić information content (AvgIpc) is 2.70. The van der Waals surface area contributed by atoms with Gasteiger partial charge in [0.25, 0.3) is 0 Å². The molecule has 1 aromatic carbocycles. The van der Waals surface area contributed by atoms with Crippen molar-refractivity contribution in [2.75, 3.05) is 25.9 Å². The predicted molar refractivity (Wildman–Crippen MR) is 118 cm³/mol. The Kier molecular flexibility index (Phi) is 7.36. The molecule has 2 heterocycles. The fourth-order valence-corrected chi connectivity index (χ4v) is 5.09. The fraction of sp³-hybridized carbons (Fsp3) is 0.652. The van der Waals surface area contributed by atoms with Gasteiger partial charge in [0.05, 0.1) is 4.90 Å². The van der Waals surface area contributed by atoms with Gasteiger partial charge >= 0.3 is 6.09 Å². The summed E-state index contributed by atoms with van der Waals surface area (Å²) in [5.74, 6) is -2.63. The number of carbonyl (C=O) groups is 2. The zero-order valence-electron chi connectivity index (χ0n) is 19.6. The summed E-state index contributed by atoms with van der Waals surface area (Å²) in [5.41, 5.74) is -0.837. The second-order valence-electron chi connectivity index (χ2n) is 9.91. The van der Waals surface area contributed by atoms with Gasteiger partial charge in [0, 0.05) is 43.4 Å². The molecule has 0 unspecified atom stereocenters. The number of amides is 2. The number of nitrogens with zero attached hydrogens (tertiary/aromatic N) is 2. The second-order valence-corrected chi connectivity index (χ2v) is 11.9. The highest BCUT2D eigenvalue weighted by Gasteiger charge is 2.37. The van der Waals surface area contributed by atoms with Crippen LogP contribution in [0.25, 0.3) is 0 Å². The van der Waals surface area contributed by atoms with Crippen LogP contribution >= 0.6 is 0 Å². The number of ether oxygens (including phenoxy) is 1. The molecule has 0 radical (unpaired) electrons. The van der Waals surface area contributed by atoms with Crippen LogP contribution in [0.1, 0.15) is 52.0 Å². The molecule has 2 fully saturated rings. The first kappa shape index (κ1) is 25.4. The number of hydrogen-bond donors (Lipinski definition) is 0. The molecule has 184 valence electrons. The van der Waals surface area contributed by atoms with E-state index >= 15 is 0 Å². The largest absolute Gasteiger partial charge is 0.444 e. The molecule has 3 rings (SSSR count). The van der Waals surface area contributed by atoms with Gasteiger partial charge in [-0.1, -0.05) is 0 Å². The third-order valence-electron chi connectivity index (χ3n) is 6.13. The van der Waals surface area contributed by atoms with Crippen molar-refractivity contribution in [3.8, 4) is 0 Å². The highest BCUT2D eigenvalue weighted by molar-refractivity contribution is 7.90. The van der Waals surface area contributed by atoms with Crippen molar-refractivity contribution in [2.45, 2.75) is 69.4 Å². The van der Waals surface area contributed by atoms with E-state index in [1.807, 2.05) is 20.8 Å². The van der Waals surface area contributed by atoms with Crippen molar-refractivity contribution < 1.29 is 31.5 Å². The summed E-state index contributed by atoms with van der Waals surface area (Å²) >= 11 is 0. The molecule has 1 atom stereocenters. The van der Waals surface area contributed by atoms with Crippen molar-refractivity contribution in [1.82, 2.24) is 9.80 Å². The van der Waals surface area contributed by atoms with Gasteiger partial charge in [0.15, 0.2) is 9.84 Å². The first-order valence-corrected chi connectivity index (χ1v) is 13.1. The van der Waals surface area contributed by atoms with E-state index in [2.05, 4.69) is 0 Å². The molecule has 1 aromatic rings. The summed E-state index contributed by atoms with van der Waals surface area (Å²) in [7, 11) is -3.74. The van der Waals surface area contributed by atoms with Crippen molar-refractivity contribution in [3.05, 3.63) is 29.3 Å². The lowest BCUT2D eigenvalue weighted by Gasteiger charge is -2.42. The molecule has 33 heavy (non-hydrogen) atoms. The number of halogens is 2. The minimum Gasteiger partial charge on any atom is -0.444 e. The Hall–Kier alpha value is -2.23. The third-order valence-corrected chi connectivity index (χ3v) is 7.23.